The van der Waals surface area contributed by atoms with Gasteiger partial charge in [0.05, 0.1) is 16.5 Å². The van der Waals surface area contributed by atoms with Gasteiger partial charge in [-0.05, 0) is 73.4 Å². The van der Waals surface area contributed by atoms with Crippen LogP contribution in [0.15, 0.2) is 60.7 Å². The average Bonchev–Trinajstić information content (AvgIpc) is 3.07. The Bertz CT molecular complexity index is 1560. The van der Waals surface area contributed by atoms with E-state index in [1.54, 1.807) is 0 Å². The van der Waals surface area contributed by atoms with Crippen molar-refractivity contribution in [1.29, 1.82) is 0 Å². The van der Waals surface area contributed by atoms with Crippen molar-refractivity contribution in [2.24, 2.45) is 12.5 Å². The van der Waals surface area contributed by atoms with Crippen LogP contribution in [0.1, 0.15) is 57.5 Å². The van der Waals surface area contributed by atoms with Crippen molar-refractivity contribution in [2.75, 3.05) is 0 Å². The lowest BCUT2D eigenvalue weighted by molar-refractivity contribution is -0.665. The smallest absolute Gasteiger partial charge is 0.220 e. The van der Waals surface area contributed by atoms with Gasteiger partial charge in [0.2, 0.25) is 5.69 Å². The van der Waals surface area contributed by atoms with Crippen molar-refractivity contribution < 1.29 is 4.57 Å². The van der Waals surface area contributed by atoms with E-state index >= 15 is 0 Å². The van der Waals surface area contributed by atoms with Crippen molar-refractivity contribution in [2.45, 2.75) is 60.9 Å². The number of rotatable bonds is 3. The van der Waals surface area contributed by atoms with Gasteiger partial charge >= 0.3 is 0 Å². The van der Waals surface area contributed by atoms with E-state index in [4.69, 9.17) is 0 Å². The standard InChI is InChI=1S/C32H37N2/c1-20(2)34-29-12-10-9-11-26(29)28-15-21(3)27(18-30(28)34)31-25-14-13-23(19-32(5,6)7)17-24(25)16-22(4)33(31)8/h9-18,20H,19H2,1-8H3/q+1. The molecule has 0 radical (unpaired) electrons. The van der Waals surface area contributed by atoms with Crippen LogP contribution >= 0.6 is 0 Å². The second kappa shape index (κ2) is 7.98. The molecule has 0 unspecified atom stereocenters. The monoisotopic (exact) mass is 449 g/mol. The molecule has 0 aliphatic carbocycles. The van der Waals surface area contributed by atoms with Crippen molar-refractivity contribution >= 4 is 32.6 Å². The highest BCUT2D eigenvalue weighted by Crippen LogP contribution is 2.38. The number of fused-ring (bicyclic) bond motifs is 4. The second-order valence-electron chi connectivity index (χ2n) is 11.5. The summed E-state index contributed by atoms with van der Waals surface area (Å²) in [5.41, 5.74) is 9.53. The van der Waals surface area contributed by atoms with E-state index in [1.165, 1.54) is 60.7 Å². The van der Waals surface area contributed by atoms with Crippen LogP contribution in [0.2, 0.25) is 0 Å². The first-order valence-corrected chi connectivity index (χ1v) is 12.5. The minimum absolute atomic E-state index is 0.275. The van der Waals surface area contributed by atoms with Crippen LogP contribution in [-0.2, 0) is 13.5 Å². The molecule has 0 spiro atoms. The van der Waals surface area contributed by atoms with E-state index in [0.717, 1.165) is 6.42 Å². The Morgan fingerprint density at radius 1 is 0.824 bits per heavy atom. The predicted molar refractivity (Wildman–Crippen MR) is 147 cm³/mol. The molecule has 0 N–H and O–H groups in total. The summed E-state index contributed by atoms with van der Waals surface area (Å²) in [6.45, 7) is 16.0. The molecule has 2 aromatic heterocycles. The van der Waals surface area contributed by atoms with Crippen LogP contribution < -0.4 is 4.57 Å². The highest BCUT2D eigenvalue weighted by Gasteiger charge is 2.23. The van der Waals surface area contributed by atoms with E-state index in [-0.39, 0.29) is 5.41 Å². The molecule has 0 aliphatic rings. The zero-order valence-corrected chi connectivity index (χ0v) is 22.0. The molecule has 34 heavy (non-hydrogen) atoms. The molecule has 2 nitrogen and oxygen atoms in total. The van der Waals surface area contributed by atoms with Crippen molar-refractivity contribution in [3.05, 3.63) is 77.5 Å². The fourth-order valence-electron chi connectivity index (χ4n) is 5.64. The van der Waals surface area contributed by atoms with Gasteiger partial charge in [-0.25, -0.2) is 0 Å². The Labute approximate surface area is 203 Å². The summed E-state index contributed by atoms with van der Waals surface area (Å²) in [6.07, 6.45) is 1.08. The van der Waals surface area contributed by atoms with E-state index < -0.39 is 0 Å². The van der Waals surface area contributed by atoms with Gasteiger partial charge in [-0.3, -0.25) is 0 Å². The summed E-state index contributed by atoms with van der Waals surface area (Å²) in [5.74, 6) is 0. The predicted octanol–water partition coefficient (Wildman–Crippen LogP) is 8.23. The maximum Gasteiger partial charge on any atom is 0.220 e. The molecule has 0 atom stereocenters. The van der Waals surface area contributed by atoms with Crippen LogP contribution in [0.4, 0.5) is 0 Å². The fraction of sp³-hybridized carbons (Fsp3) is 0.344. The van der Waals surface area contributed by atoms with Crippen molar-refractivity contribution in [3.8, 4) is 11.3 Å². The van der Waals surface area contributed by atoms with Gasteiger partial charge in [0.1, 0.15) is 7.05 Å². The first-order valence-electron chi connectivity index (χ1n) is 12.5. The normalized spacial score (nSPS) is 12.5. The van der Waals surface area contributed by atoms with E-state index in [9.17, 15) is 0 Å². The third-order valence-electron chi connectivity index (χ3n) is 7.16. The minimum atomic E-state index is 0.275. The van der Waals surface area contributed by atoms with Gasteiger partial charge in [-0.15, -0.1) is 0 Å². The summed E-state index contributed by atoms with van der Waals surface area (Å²) in [6, 6.07) is 23.4. The Morgan fingerprint density at radius 3 is 2.26 bits per heavy atom. The van der Waals surface area contributed by atoms with Crippen LogP contribution in [0.25, 0.3) is 43.8 Å². The number of hydrogen-bond acceptors (Lipinski definition) is 0. The second-order valence-corrected chi connectivity index (χ2v) is 11.5. The number of para-hydroxylation sites is 1. The lowest BCUT2D eigenvalue weighted by Gasteiger charge is -2.19. The Morgan fingerprint density at radius 2 is 1.56 bits per heavy atom. The molecule has 5 rings (SSSR count). The lowest BCUT2D eigenvalue weighted by Crippen LogP contribution is -2.35. The van der Waals surface area contributed by atoms with Crippen molar-refractivity contribution in [3.63, 3.8) is 0 Å². The molecule has 0 saturated heterocycles. The summed E-state index contributed by atoms with van der Waals surface area (Å²) in [5, 5.41) is 5.33. The molecule has 5 aromatic rings. The molecule has 2 heteroatoms. The number of aromatic nitrogens is 2. The first kappa shape index (κ1) is 22.7. The molecule has 0 bridgehead atoms. The molecule has 0 saturated carbocycles. The third kappa shape index (κ3) is 3.70. The summed E-state index contributed by atoms with van der Waals surface area (Å²) in [7, 11) is 2.20. The van der Waals surface area contributed by atoms with Crippen molar-refractivity contribution in [1.82, 2.24) is 4.57 Å². The van der Waals surface area contributed by atoms with Crippen LogP contribution in [0.5, 0.6) is 0 Å². The van der Waals surface area contributed by atoms with E-state index in [0.29, 0.717) is 6.04 Å². The topological polar surface area (TPSA) is 8.81 Å². The lowest BCUT2D eigenvalue weighted by atomic mass is 9.87. The SMILES string of the molecule is Cc1cc2c3ccccc3n(C(C)C)c2cc1-c1c2ccc(CC(C)(C)C)cc2cc(C)[n+]1C. The summed E-state index contributed by atoms with van der Waals surface area (Å²) >= 11 is 0. The summed E-state index contributed by atoms with van der Waals surface area (Å²) < 4.78 is 4.86. The molecule has 3 aromatic carbocycles. The van der Waals surface area contributed by atoms with Gasteiger partial charge in [0.15, 0.2) is 5.69 Å². The van der Waals surface area contributed by atoms with Crippen LogP contribution in [0, 0.1) is 19.3 Å². The number of hydrogen-bond donors (Lipinski definition) is 0. The van der Waals surface area contributed by atoms with Gasteiger partial charge in [0.25, 0.3) is 0 Å². The highest BCUT2D eigenvalue weighted by molar-refractivity contribution is 6.10. The molecule has 2 heterocycles. The number of aryl methyl sites for hydroxylation is 2. The largest absolute Gasteiger partial charge is 0.338 e. The molecule has 0 fully saturated rings. The molecular formula is C32H37N2+. The van der Waals surface area contributed by atoms with E-state index in [2.05, 4.69) is 125 Å². The molecular weight excluding hydrogens is 412 g/mol. The van der Waals surface area contributed by atoms with E-state index in [1.807, 2.05) is 0 Å². The minimum Gasteiger partial charge on any atom is -0.338 e. The fourth-order valence-corrected chi connectivity index (χ4v) is 5.64. The first-order chi connectivity index (χ1) is 16.0. The Hall–Kier alpha value is -3.13. The average molecular weight is 450 g/mol. The zero-order chi connectivity index (χ0) is 24.4. The highest BCUT2D eigenvalue weighted by atomic mass is 15.0. The summed E-state index contributed by atoms with van der Waals surface area (Å²) in [4.78, 5) is 0. The molecule has 0 aliphatic heterocycles. The van der Waals surface area contributed by atoms with Crippen LogP contribution in [0.3, 0.4) is 0 Å². The van der Waals surface area contributed by atoms with Crippen LogP contribution in [-0.4, -0.2) is 4.57 Å². The third-order valence-corrected chi connectivity index (χ3v) is 7.16. The Balaban J connectivity index is 1.82. The quantitative estimate of drug-likeness (QED) is 0.245. The van der Waals surface area contributed by atoms with Gasteiger partial charge in [-0.1, -0.05) is 51.1 Å². The number of nitrogens with zero attached hydrogens (tertiary/aromatic N) is 2. The maximum atomic E-state index is 2.49. The Kier molecular flexibility index (Phi) is 5.31. The molecule has 174 valence electrons. The molecule has 0 amide bonds. The number of benzene rings is 3. The number of pyridine rings is 1. The zero-order valence-electron chi connectivity index (χ0n) is 22.0. The van der Waals surface area contributed by atoms with Gasteiger partial charge in [-0.2, -0.15) is 4.57 Å². The maximum absolute atomic E-state index is 2.49. The van der Waals surface area contributed by atoms with Gasteiger partial charge in [0, 0.05) is 35.3 Å². The van der Waals surface area contributed by atoms with Gasteiger partial charge < -0.3 is 4.57 Å².